The number of non-ortho nitro benzene ring substituents is 1. The van der Waals surface area contributed by atoms with Crippen molar-refractivity contribution in [3.8, 4) is 0 Å². The van der Waals surface area contributed by atoms with Crippen LogP contribution in [0.1, 0.15) is 32.1 Å². The Morgan fingerprint density at radius 3 is 2.37 bits per heavy atom. The van der Waals surface area contributed by atoms with Gasteiger partial charge in [0.2, 0.25) is 0 Å². The van der Waals surface area contributed by atoms with Crippen LogP contribution in [0.4, 0.5) is 17.1 Å². The van der Waals surface area contributed by atoms with Crippen molar-refractivity contribution >= 4 is 28.7 Å². The van der Waals surface area contributed by atoms with Crippen LogP contribution in [0.15, 0.2) is 23.3 Å². The molecule has 1 aromatic carbocycles. The average molecular weight is 374 g/mol. The van der Waals surface area contributed by atoms with Crippen LogP contribution in [-0.4, -0.2) is 26.6 Å². The lowest BCUT2D eigenvalue weighted by atomic mass is 9.49. The zero-order chi connectivity index (χ0) is 19.3. The van der Waals surface area contributed by atoms with E-state index in [1.807, 2.05) is 0 Å². The summed E-state index contributed by atoms with van der Waals surface area (Å²) in [6.07, 6.45) is 3.63. The minimum Gasteiger partial charge on any atom is -0.481 e. The molecule has 27 heavy (non-hydrogen) atoms. The van der Waals surface area contributed by atoms with Gasteiger partial charge in [0, 0.05) is 23.6 Å². The van der Waals surface area contributed by atoms with Gasteiger partial charge in [-0.15, -0.1) is 0 Å². The van der Waals surface area contributed by atoms with E-state index >= 15 is 0 Å². The number of nitro groups is 2. The van der Waals surface area contributed by atoms with Gasteiger partial charge < -0.3 is 5.11 Å². The van der Waals surface area contributed by atoms with E-state index in [0.29, 0.717) is 18.8 Å². The van der Waals surface area contributed by atoms with Crippen LogP contribution < -0.4 is 5.43 Å². The lowest BCUT2D eigenvalue weighted by Gasteiger charge is -2.54. The van der Waals surface area contributed by atoms with Crippen molar-refractivity contribution in [2.24, 2.45) is 28.3 Å². The summed E-state index contributed by atoms with van der Waals surface area (Å²) in [5.74, 6) is -0.208. The largest absolute Gasteiger partial charge is 0.481 e. The molecule has 142 valence electrons. The third-order valence-electron chi connectivity index (χ3n) is 6.17. The maximum absolute atomic E-state index is 11.8. The van der Waals surface area contributed by atoms with Gasteiger partial charge in [-0.25, -0.2) is 0 Å². The van der Waals surface area contributed by atoms with Gasteiger partial charge in [0.15, 0.2) is 0 Å². The molecule has 2 N–H and O–H groups in total. The number of benzene rings is 1. The number of hydrogen-bond donors (Lipinski definition) is 2. The molecule has 0 saturated heterocycles. The number of carboxylic acids is 1. The number of carbonyl (C=O) groups is 1. The van der Waals surface area contributed by atoms with Crippen LogP contribution in [0.25, 0.3) is 0 Å². The molecule has 10 nitrogen and oxygen atoms in total. The summed E-state index contributed by atoms with van der Waals surface area (Å²) in [5, 5.41) is 36.1. The Hall–Kier alpha value is -3.04. The summed E-state index contributed by atoms with van der Waals surface area (Å²) in [7, 11) is 0. The van der Waals surface area contributed by atoms with Crippen molar-refractivity contribution in [2.45, 2.75) is 32.1 Å². The van der Waals surface area contributed by atoms with E-state index in [-0.39, 0.29) is 23.2 Å². The number of hydrogen-bond acceptors (Lipinski definition) is 7. The fourth-order valence-corrected chi connectivity index (χ4v) is 5.21. The lowest BCUT2D eigenvalue weighted by molar-refractivity contribution is -0.393. The van der Waals surface area contributed by atoms with Crippen molar-refractivity contribution in [1.82, 2.24) is 0 Å². The second-order valence-electron chi connectivity index (χ2n) is 7.79. The molecular weight excluding hydrogens is 356 g/mol. The molecule has 0 heterocycles. The van der Waals surface area contributed by atoms with Crippen molar-refractivity contribution in [3.05, 3.63) is 38.4 Å². The first-order valence-corrected chi connectivity index (χ1v) is 8.79. The molecule has 0 spiro atoms. The van der Waals surface area contributed by atoms with E-state index in [0.717, 1.165) is 31.0 Å². The van der Waals surface area contributed by atoms with E-state index in [1.54, 1.807) is 0 Å². The summed E-state index contributed by atoms with van der Waals surface area (Å²) < 4.78 is 0. The molecule has 0 aromatic heterocycles. The van der Waals surface area contributed by atoms with Gasteiger partial charge in [-0.1, -0.05) is 0 Å². The highest BCUT2D eigenvalue weighted by atomic mass is 16.6. The molecular formula is C17H18N4O6. The topological polar surface area (TPSA) is 148 Å². The quantitative estimate of drug-likeness (QED) is 0.594. The number of carboxylic acid groups (broad SMARTS) is 1. The minimum absolute atomic E-state index is 0.0666. The van der Waals surface area contributed by atoms with Crippen molar-refractivity contribution in [1.29, 1.82) is 0 Å². The second kappa shape index (κ2) is 6.00. The first-order chi connectivity index (χ1) is 12.8. The van der Waals surface area contributed by atoms with Gasteiger partial charge in [-0.2, -0.15) is 5.10 Å². The maximum atomic E-state index is 11.8. The van der Waals surface area contributed by atoms with Crippen LogP contribution in [0.2, 0.25) is 0 Å². The normalized spacial score (nSPS) is 30.8. The molecule has 2 unspecified atom stereocenters. The standard InChI is InChI=1S/C17H18N4O6/c22-16(23)17-6-9-3-10(7-17)15(11(4-9)8-17)19-18-13-2-1-12(20(24)25)5-14(13)21(26)27/h1-2,5,9-11,18H,3-4,6-8H2,(H,22,23). The van der Waals surface area contributed by atoms with Crippen molar-refractivity contribution in [3.63, 3.8) is 0 Å². The maximum Gasteiger partial charge on any atom is 0.309 e. The van der Waals surface area contributed by atoms with E-state index in [2.05, 4.69) is 10.5 Å². The Morgan fingerprint density at radius 2 is 1.81 bits per heavy atom. The molecule has 10 heteroatoms. The summed E-state index contributed by atoms with van der Waals surface area (Å²) >= 11 is 0. The Bertz CT molecular complexity index is 864. The lowest BCUT2D eigenvalue weighted by Crippen LogP contribution is -2.54. The smallest absolute Gasteiger partial charge is 0.309 e. The highest BCUT2D eigenvalue weighted by Gasteiger charge is 2.57. The molecule has 4 aliphatic rings. The highest BCUT2D eigenvalue weighted by Crippen LogP contribution is 2.59. The van der Waals surface area contributed by atoms with Gasteiger partial charge in [0.1, 0.15) is 5.69 Å². The Balaban J connectivity index is 1.60. The van der Waals surface area contributed by atoms with E-state index in [1.165, 1.54) is 12.1 Å². The number of nitrogens with one attached hydrogen (secondary N) is 1. The number of hydrazone groups is 1. The molecule has 2 atom stereocenters. The molecule has 4 fully saturated rings. The zero-order valence-corrected chi connectivity index (χ0v) is 14.3. The molecule has 4 bridgehead atoms. The number of anilines is 1. The van der Waals surface area contributed by atoms with Gasteiger partial charge in [0.25, 0.3) is 5.69 Å². The van der Waals surface area contributed by atoms with E-state index in [9.17, 15) is 30.1 Å². The summed E-state index contributed by atoms with van der Waals surface area (Å²) in [6.45, 7) is 0. The van der Waals surface area contributed by atoms with Gasteiger partial charge in [-0.3, -0.25) is 30.4 Å². The third kappa shape index (κ3) is 2.81. The molecule has 1 aromatic rings. The number of rotatable bonds is 5. The molecule has 0 radical (unpaired) electrons. The van der Waals surface area contributed by atoms with Crippen LogP contribution in [0.5, 0.6) is 0 Å². The van der Waals surface area contributed by atoms with Crippen LogP contribution >= 0.6 is 0 Å². The molecule has 4 aliphatic carbocycles. The molecule has 4 saturated carbocycles. The first-order valence-electron chi connectivity index (χ1n) is 8.79. The summed E-state index contributed by atoms with van der Waals surface area (Å²) in [6, 6.07) is 3.36. The zero-order valence-electron chi connectivity index (χ0n) is 14.3. The predicted molar refractivity (Wildman–Crippen MR) is 94.4 cm³/mol. The predicted octanol–water partition coefficient (Wildman–Crippen LogP) is 3.18. The Labute approximate surface area is 153 Å². The number of aliphatic carboxylic acids is 1. The minimum atomic E-state index is -0.736. The SMILES string of the molecule is O=C(O)C12CC3CC(C1)C(=NNc1ccc([N+](=O)[O-])cc1[N+](=O)[O-])C(C3)C2. The number of nitrogens with zero attached hydrogens (tertiary/aromatic N) is 3. The average Bonchev–Trinajstić information content (AvgIpc) is 2.60. The first kappa shape index (κ1) is 17.4. The Kier molecular flexibility index (Phi) is 3.86. The molecule has 5 rings (SSSR count). The van der Waals surface area contributed by atoms with Crippen LogP contribution in [-0.2, 0) is 4.79 Å². The summed E-state index contributed by atoms with van der Waals surface area (Å²) in [5.41, 5.74) is 2.22. The summed E-state index contributed by atoms with van der Waals surface area (Å²) in [4.78, 5) is 32.5. The van der Waals surface area contributed by atoms with E-state index < -0.39 is 26.9 Å². The van der Waals surface area contributed by atoms with Crippen molar-refractivity contribution in [2.75, 3.05) is 5.43 Å². The van der Waals surface area contributed by atoms with Gasteiger partial charge in [-0.05, 0) is 44.1 Å². The third-order valence-corrected chi connectivity index (χ3v) is 6.17. The van der Waals surface area contributed by atoms with Crippen molar-refractivity contribution < 1.29 is 19.7 Å². The Morgan fingerprint density at radius 1 is 1.15 bits per heavy atom. The molecule has 0 amide bonds. The van der Waals surface area contributed by atoms with Gasteiger partial charge >= 0.3 is 11.7 Å². The second-order valence-corrected chi connectivity index (χ2v) is 7.79. The van der Waals surface area contributed by atoms with Crippen LogP contribution in [0.3, 0.4) is 0 Å². The fourth-order valence-electron chi connectivity index (χ4n) is 5.21. The molecule has 0 aliphatic heterocycles. The highest BCUT2D eigenvalue weighted by molar-refractivity contribution is 5.94. The monoisotopic (exact) mass is 374 g/mol. The fraction of sp³-hybridized carbons (Fsp3) is 0.529. The van der Waals surface area contributed by atoms with Gasteiger partial charge in [0.05, 0.1) is 21.3 Å². The van der Waals surface area contributed by atoms with E-state index in [4.69, 9.17) is 0 Å². The number of nitro benzene ring substituents is 2. The van der Waals surface area contributed by atoms with Crippen LogP contribution in [0, 0.1) is 43.4 Å².